The number of rotatable bonds is 7. The van der Waals surface area contributed by atoms with Crippen LogP contribution < -0.4 is 15.4 Å². The van der Waals surface area contributed by atoms with E-state index in [2.05, 4.69) is 15.6 Å². The van der Waals surface area contributed by atoms with Crippen molar-refractivity contribution in [1.29, 1.82) is 0 Å². The molecule has 0 radical (unpaired) electrons. The van der Waals surface area contributed by atoms with Crippen LogP contribution in [-0.4, -0.2) is 59.5 Å². The molecule has 1 aliphatic carbocycles. The van der Waals surface area contributed by atoms with E-state index in [1.54, 1.807) is 6.20 Å². The van der Waals surface area contributed by atoms with Crippen LogP contribution in [0.15, 0.2) is 42.6 Å². The highest BCUT2D eigenvalue weighted by Crippen LogP contribution is 2.30. The number of carbonyl (C=O) groups excluding carboxylic acids is 2. The summed E-state index contributed by atoms with van der Waals surface area (Å²) < 4.78 is 44.8. The summed E-state index contributed by atoms with van der Waals surface area (Å²) in [6, 6.07) is 8.03. The van der Waals surface area contributed by atoms with Gasteiger partial charge in [-0.2, -0.15) is 13.2 Å². The summed E-state index contributed by atoms with van der Waals surface area (Å²) in [6.07, 6.45) is 0.331. The molecule has 2 aliphatic rings. The van der Waals surface area contributed by atoms with E-state index in [1.807, 2.05) is 24.0 Å². The minimum Gasteiger partial charge on any atom is -0.474 e. The Labute approximate surface area is 202 Å². The smallest absolute Gasteiger partial charge is 0.416 e. The van der Waals surface area contributed by atoms with E-state index in [4.69, 9.17) is 4.74 Å². The molecule has 0 spiro atoms. The van der Waals surface area contributed by atoms with Gasteiger partial charge in [0.2, 0.25) is 11.8 Å². The molecule has 1 saturated heterocycles. The van der Waals surface area contributed by atoms with Crippen LogP contribution in [0.3, 0.4) is 0 Å². The summed E-state index contributed by atoms with van der Waals surface area (Å²) in [5, 5.41) is 5.67. The molecule has 2 amide bonds. The van der Waals surface area contributed by atoms with Crippen molar-refractivity contribution in [2.24, 2.45) is 0 Å². The van der Waals surface area contributed by atoms with Crippen LogP contribution in [0.25, 0.3) is 0 Å². The van der Waals surface area contributed by atoms with Gasteiger partial charge < -0.3 is 20.3 Å². The quantitative estimate of drug-likeness (QED) is 0.622. The van der Waals surface area contributed by atoms with E-state index in [9.17, 15) is 22.8 Å². The monoisotopic (exact) mass is 490 g/mol. The number of aromatic nitrogens is 1. The molecule has 188 valence electrons. The second kappa shape index (κ2) is 10.6. The Balaban J connectivity index is 1.33. The summed E-state index contributed by atoms with van der Waals surface area (Å²) >= 11 is 0. The van der Waals surface area contributed by atoms with Gasteiger partial charge in [0.25, 0.3) is 5.91 Å². The third kappa shape index (κ3) is 6.30. The van der Waals surface area contributed by atoms with Gasteiger partial charge in [0, 0.05) is 37.0 Å². The topological polar surface area (TPSA) is 83.6 Å². The number of nitrogens with one attached hydrogen (secondary N) is 2. The average Bonchev–Trinajstić information content (AvgIpc) is 2.81. The van der Waals surface area contributed by atoms with Gasteiger partial charge in [-0.3, -0.25) is 9.59 Å². The Morgan fingerprint density at radius 1 is 1.11 bits per heavy atom. The number of hydrogen-bond acceptors (Lipinski definition) is 5. The Hall–Kier alpha value is -3.14. The predicted octanol–water partition coefficient (Wildman–Crippen LogP) is 3.33. The van der Waals surface area contributed by atoms with Gasteiger partial charge >= 0.3 is 6.18 Å². The molecule has 10 heteroatoms. The lowest BCUT2D eigenvalue weighted by Crippen LogP contribution is -2.63. The molecule has 1 aromatic heterocycles. The minimum atomic E-state index is -4.54. The molecule has 1 aromatic carbocycles. The molecule has 7 nitrogen and oxygen atoms in total. The molecular weight excluding hydrogens is 461 g/mol. The normalized spacial score (nSPS) is 20.6. The van der Waals surface area contributed by atoms with Gasteiger partial charge in [0.1, 0.15) is 6.10 Å². The van der Waals surface area contributed by atoms with Gasteiger partial charge in [-0.05, 0) is 56.4 Å². The molecular formula is C25H29F3N4O3. The van der Waals surface area contributed by atoms with Crippen molar-refractivity contribution < 1.29 is 27.5 Å². The first-order valence-electron chi connectivity index (χ1n) is 11.8. The van der Waals surface area contributed by atoms with E-state index in [1.165, 1.54) is 12.1 Å². The predicted molar refractivity (Wildman–Crippen MR) is 123 cm³/mol. The highest BCUT2D eigenvalue weighted by atomic mass is 19.4. The number of alkyl halides is 3. The number of halogens is 3. The first-order valence-corrected chi connectivity index (χ1v) is 11.8. The fraction of sp³-hybridized carbons (Fsp3) is 0.480. The van der Waals surface area contributed by atoms with Gasteiger partial charge in [0.15, 0.2) is 0 Å². The van der Waals surface area contributed by atoms with E-state index < -0.39 is 17.6 Å². The highest BCUT2D eigenvalue weighted by molar-refractivity contribution is 5.96. The van der Waals surface area contributed by atoms with Crippen LogP contribution in [0, 0.1) is 6.92 Å². The molecule has 4 rings (SSSR count). The lowest BCUT2D eigenvalue weighted by atomic mass is 9.90. The first-order chi connectivity index (χ1) is 16.7. The molecule has 0 unspecified atom stereocenters. The maximum Gasteiger partial charge on any atom is 0.416 e. The summed E-state index contributed by atoms with van der Waals surface area (Å²) in [7, 11) is 0. The second-order valence-electron chi connectivity index (χ2n) is 9.10. The van der Waals surface area contributed by atoms with Crippen molar-refractivity contribution in [3.63, 3.8) is 0 Å². The largest absolute Gasteiger partial charge is 0.474 e. The highest BCUT2D eigenvalue weighted by Gasteiger charge is 2.37. The molecule has 0 atom stereocenters. The number of pyridine rings is 1. The summed E-state index contributed by atoms with van der Waals surface area (Å²) in [5.41, 5.74) is 0.0230. The van der Waals surface area contributed by atoms with Crippen molar-refractivity contribution in [2.75, 3.05) is 19.6 Å². The van der Waals surface area contributed by atoms with Gasteiger partial charge in [0.05, 0.1) is 18.2 Å². The number of nitrogens with zero attached hydrogens (tertiary/aromatic N) is 2. The molecule has 2 heterocycles. The molecule has 2 aromatic rings. The number of ether oxygens (including phenoxy) is 1. The maximum absolute atomic E-state index is 13.1. The van der Waals surface area contributed by atoms with Gasteiger partial charge in [-0.15, -0.1) is 0 Å². The maximum atomic E-state index is 13.1. The molecule has 0 bridgehead atoms. The third-order valence-electron chi connectivity index (χ3n) is 6.50. The lowest BCUT2D eigenvalue weighted by molar-refractivity contribution is -0.138. The fourth-order valence-corrected chi connectivity index (χ4v) is 4.50. The van der Waals surface area contributed by atoms with Crippen LogP contribution in [0.5, 0.6) is 5.88 Å². The van der Waals surface area contributed by atoms with Gasteiger partial charge in [-0.25, -0.2) is 4.98 Å². The standard InChI is InChI=1S/C25H29F3N4O3/c1-16-5-10-22(30-12-16)35-21-8-6-19(7-9-21)32(20-13-29-14-20)23(33)15-31-24(34)17-3-2-4-18(11-17)25(26,27)28/h2-5,10-12,19-21,29H,6-9,13-15H2,1H3,(H,31,34). The van der Waals surface area contributed by atoms with Crippen LogP contribution in [-0.2, 0) is 11.0 Å². The zero-order chi connectivity index (χ0) is 25.0. The zero-order valence-electron chi connectivity index (χ0n) is 19.5. The number of carbonyl (C=O) groups is 2. The molecule has 2 fully saturated rings. The van der Waals surface area contributed by atoms with Crippen LogP contribution >= 0.6 is 0 Å². The summed E-state index contributed by atoms with van der Waals surface area (Å²) in [6.45, 7) is 3.05. The molecule has 35 heavy (non-hydrogen) atoms. The number of amides is 2. The van der Waals surface area contributed by atoms with E-state index >= 15 is 0 Å². The Morgan fingerprint density at radius 3 is 2.46 bits per heavy atom. The van der Waals surface area contributed by atoms with Crippen LogP contribution in [0.4, 0.5) is 13.2 Å². The number of aryl methyl sites for hydroxylation is 1. The summed E-state index contributed by atoms with van der Waals surface area (Å²) in [5.74, 6) is -0.354. The number of benzene rings is 1. The van der Waals surface area contributed by atoms with Crippen LogP contribution in [0.2, 0.25) is 0 Å². The SMILES string of the molecule is Cc1ccc(OC2CCC(N(C(=O)CNC(=O)c3cccc(C(F)(F)F)c3)C3CNC3)CC2)nc1. The molecule has 1 saturated carbocycles. The third-order valence-corrected chi connectivity index (χ3v) is 6.50. The molecule has 1 aliphatic heterocycles. The van der Waals surface area contributed by atoms with Crippen molar-refractivity contribution >= 4 is 11.8 Å². The zero-order valence-corrected chi connectivity index (χ0v) is 19.5. The number of hydrogen-bond donors (Lipinski definition) is 2. The fourth-order valence-electron chi connectivity index (χ4n) is 4.50. The summed E-state index contributed by atoms with van der Waals surface area (Å²) in [4.78, 5) is 31.7. The first kappa shape index (κ1) is 25.0. The van der Waals surface area contributed by atoms with E-state index in [-0.39, 0.29) is 36.2 Å². The van der Waals surface area contributed by atoms with E-state index in [0.717, 1.165) is 43.4 Å². The van der Waals surface area contributed by atoms with Crippen LogP contribution in [0.1, 0.15) is 47.2 Å². The van der Waals surface area contributed by atoms with Crippen molar-refractivity contribution in [2.45, 2.75) is 57.0 Å². The molecule has 2 N–H and O–H groups in total. The van der Waals surface area contributed by atoms with E-state index in [0.29, 0.717) is 19.0 Å². The average molecular weight is 491 g/mol. The second-order valence-corrected chi connectivity index (χ2v) is 9.10. The Bertz CT molecular complexity index is 1030. The minimum absolute atomic E-state index is 0.0193. The van der Waals surface area contributed by atoms with Crippen molar-refractivity contribution in [1.82, 2.24) is 20.5 Å². The van der Waals surface area contributed by atoms with Gasteiger partial charge in [-0.1, -0.05) is 12.1 Å². The van der Waals surface area contributed by atoms with Crippen molar-refractivity contribution in [3.8, 4) is 5.88 Å². The lowest BCUT2D eigenvalue weighted by Gasteiger charge is -2.45. The Morgan fingerprint density at radius 2 is 1.86 bits per heavy atom. The van der Waals surface area contributed by atoms with Crippen molar-refractivity contribution in [3.05, 3.63) is 59.3 Å². The Kier molecular flexibility index (Phi) is 7.59.